The van der Waals surface area contributed by atoms with Gasteiger partial charge in [-0.15, -0.1) is 0 Å². The van der Waals surface area contributed by atoms with Gasteiger partial charge in [-0.05, 0) is 18.1 Å². The molecule has 1 atom stereocenters. The Morgan fingerprint density at radius 1 is 1.62 bits per heavy atom. The Labute approximate surface area is 93.6 Å². The molecule has 16 heavy (non-hydrogen) atoms. The molecule has 1 aliphatic rings. The summed E-state index contributed by atoms with van der Waals surface area (Å²) in [5.41, 5.74) is 2.54. The molecular formula is C11H15N2O3+. The van der Waals surface area contributed by atoms with Crippen LogP contribution in [0.5, 0.6) is 0 Å². The Balaban J connectivity index is 2.24. The molecule has 86 valence electrons. The van der Waals surface area contributed by atoms with E-state index in [-0.39, 0.29) is 12.5 Å². The second kappa shape index (κ2) is 4.49. The lowest BCUT2D eigenvalue weighted by Gasteiger charge is -2.24. The molecule has 0 spiro atoms. The highest BCUT2D eigenvalue weighted by Gasteiger charge is 2.22. The van der Waals surface area contributed by atoms with Gasteiger partial charge in [0.1, 0.15) is 0 Å². The van der Waals surface area contributed by atoms with Crippen LogP contribution in [0.25, 0.3) is 0 Å². The van der Waals surface area contributed by atoms with Gasteiger partial charge >= 0.3 is 5.69 Å². The third-order valence-corrected chi connectivity index (χ3v) is 2.82. The first-order valence-corrected chi connectivity index (χ1v) is 5.23. The van der Waals surface area contributed by atoms with Gasteiger partial charge in [0, 0.05) is 36.9 Å². The maximum Gasteiger partial charge on any atom is 0.318 e. The second-order valence-corrected chi connectivity index (χ2v) is 3.91. The van der Waals surface area contributed by atoms with E-state index in [0.717, 1.165) is 24.2 Å². The van der Waals surface area contributed by atoms with Gasteiger partial charge in [0.05, 0.1) is 4.91 Å². The Bertz CT molecular complexity index is 406. The Morgan fingerprint density at radius 3 is 3.12 bits per heavy atom. The van der Waals surface area contributed by atoms with E-state index >= 15 is 0 Å². The van der Waals surface area contributed by atoms with Gasteiger partial charge in [-0.2, -0.15) is 0 Å². The molecule has 0 saturated carbocycles. The summed E-state index contributed by atoms with van der Waals surface area (Å²) in [4.78, 5) is 16.3. The first kappa shape index (κ1) is 10.9. The summed E-state index contributed by atoms with van der Waals surface area (Å²) in [5, 5.41) is 12.3. The lowest BCUT2D eigenvalue weighted by Crippen LogP contribution is -2.25. The van der Waals surface area contributed by atoms with Crippen molar-refractivity contribution in [2.75, 3.05) is 25.6 Å². The highest BCUT2D eigenvalue weighted by Crippen LogP contribution is 2.28. The summed E-state index contributed by atoms with van der Waals surface area (Å²) in [7, 11) is 1.33. The van der Waals surface area contributed by atoms with Crippen LogP contribution in [0, 0.1) is 10.8 Å². The fraction of sp³-hybridized carbons (Fsp3) is 0.455. The largest absolute Gasteiger partial charge is 0.396 e. The van der Waals surface area contributed by atoms with Crippen molar-refractivity contribution in [3.8, 4) is 0 Å². The Kier molecular flexibility index (Phi) is 3.05. The molecule has 0 radical (unpaired) electrons. The molecule has 1 heterocycles. The highest BCUT2D eigenvalue weighted by atomic mass is 16.8. The number of rotatable bonds is 3. The van der Waals surface area contributed by atoms with Crippen LogP contribution < -0.4 is 5.32 Å². The number of nitrogens with zero attached hydrogens (tertiary/aromatic N) is 1. The second-order valence-electron chi connectivity index (χ2n) is 3.91. The first-order valence-electron chi connectivity index (χ1n) is 5.23. The molecule has 1 aliphatic heterocycles. The van der Waals surface area contributed by atoms with Crippen LogP contribution in [0.15, 0.2) is 18.2 Å². The van der Waals surface area contributed by atoms with Crippen molar-refractivity contribution < 1.29 is 14.9 Å². The topological polar surface area (TPSA) is 61.6 Å². The predicted molar refractivity (Wildman–Crippen MR) is 59.5 cm³/mol. The van der Waals surface area contributed by atoms with Crippen molar-refractivity contribution in [3.63, 3.8) is 0 Å². The number of fused-ring (bicyclic) bond motifs is 1. The summed E-state index contributed by atoms with van der Waals surface area (Å²) in [6, 6.07) is 5.37. The summed E-state index contributed by atoms with van der Waals surface area (Å²) in [5.74, 6) is 0.254. The van der Waals surface area contributed by atoms with Crippen molar-refractivity contribution in [3.05, 3.63) is 28.7 Å². The third kappa shape index (κ3) is 1.99. The van der Waals surface area contributed by atoms with Gasteiger partial charge in [0.2, 0.25) is 0 Å². The van der Waals surface area contributed by atoms with Crippen molar-refractivity contribution in [2.24, 2.45) is 5.92 Å². The van der Waals surface area contributed by atoms with Crippen LogP contribution in [0.1, 0.15) is 5.56 Å². The van der Waals surface area contributed by atoms with Gasteiger partial charge in [-0.25, -0.2) is 4.84 Å². The highest BCUT2D eigenvalue weighted by molar-refractivity contribution is 5.58. The van der Waals surface area contributed by atoms with E-state index in [1.165, 1.54) is 7.11 Å². The van der Waals surface area contributed by atoms with Gasteiger partial charge in [0.15, 0.2) is 7.11 Å². The summed E-state index contributed by atoms with van der Waals surface area (Å²) < 4.78 is 0. The Morgan fingerprint density at radius 2 is 2.44 bits per heavy atom. The first-order chi connectivity index (χ1) is 7.74. The molecule has 0 fully saturated rings. The standard InChI is InChI=1S/C11H15N2O3/c1-16-13(15)10-3-2-9-4-8(7-14)6-12-11(9)5-10/h2-3,5,8,12,14H,4,6-7H2,1H3/q+1. The number of hydrogen-bond acceptors (Lipinski definition) is 4. The van der Waals surface area contributed by atoms with Crippen LogP contribution in [0.4, 0.5) is 11.4 Å². The van der Waals surface area contributed by atoms with E-state index in [2.05, 4.69) is 10.2 Å². The van der Waals surface area contributed by atoms with Crippen LogP contribution in [0.2, 0.25) is 0 Å². The number of anilines is 1. The number of aliphatic hydroxyl groups is 1. The summed E-state index contributed by atoms with van der Waals surface area (Å²) >= 11 is 0. The van der Waals surface area contributed by atoms with E-state index in [4.69, 9.17) is 5.11 Å². The van der Waals surface area contributed by atoms with Crippen LogP contribution in [0.3, 0.4) is 0 Å². The van der Waals surface area contributed by atoms with Crippen molar-refractivity contribution >= 4 is 11.4 Å². The molecule has 0 aromatic heterocycles. The van der Waals surface area contributed by atoms with E-state index in [0.29, 0.717) is 10.6 Å². The third-order valence-electron chi connectivity index (χ3n) is 2.82. The maximum atomic E-state index is 11.2. The van der Waals surface area contributed by atoms with E-state index < -0.39 is 0 Å². The monoisotopic (exact) mass is 223 g/mol. The van der Waals surface area contributed by atoms with Gasteiger partial charge in [0.25, 0.3) is 4.92 Å². The quantitative estimate of drug-likeness (QED) is 0.757. The number of hydrogen-bond donors (Lipinski definition) is 2. The molecule has 0 aliphatic carbocycles. The minimum Gasteiger partial charge on any atom is -0.396 e. The molecular weight excluding hydrogens is 208 g/mol. The number of benzene rings is 1. The average Bonchev–Trinajstić information content (AvgIpc) is 2.36. The van der Waals surface area contributed by atoms with Crippen LogP contribution in [-0.4, -0.2) is 30.3 Å². The molecule has 2 rings (SSSR count). The molecule has 2 N–H and O–H groups in total. The molecule has 1 unspecified atom stereocenters. The summed E-state index contributed by atoms with van der Waals surface area (Å²) in [6.07, 6.45) is 0.838. The van der Waals surface area contributed by atoms with E-state index in [1.807, 2.05) is 6.07 Å². The Hall–Kier alpha value is -1.62. The molecule has 1 aromatic rings. The minimum absolute atomic E-state index is 0.180. The summed E-state index contributed by atoms with van der Waals surface area (Å²) in [6.45, 7) is 0.915. The molecule has 5 nitrogen and oxygen atoms in total. The lowest BCUT2D eigenvalue weighted by molar-refractivity contribution is -0.736. The van der Waals surface area contributed by atoms with Crippen molar-refractivity contribution in [2.45, 2.75) is 6.42 Å². The SMILES string of the molecule is CO[N+](=O)c1ccc2c(c1)NCC(CO)C2. The van der Waals surface area contributed by atoms with Gasteiger partial charge in [-0.3, -0.25) is 0 Å². The molecule has 1 aromatic carbocycles. The van der Waals surface area contributed by atoms with Crippen molar-refractivity contribution in [1.82, 2.24) is 0 Å². The molecule has 5 heteroatoms. The molecule has 0 saturated heterocycles. The molecule has 0 bridgehead atoms. The molecule has 0 amide bonds. The number of aliphatic hydroxyl groups excluding tert-OH is 1. The zero-order valence-electron chi connectivity index (χ0n) is 9.14. The maximum absolute atomic E-state index is 11.2. The predicted octanol–water partition coefficient (Wildman–Crippen LogP) is 1.23. The number of nitrogens with one attached hydrogen (secondary N) is 1. The normalized spacial score (nSPS) is 18.5. The fourth-order valence-corrected chi connectivity index (χ4v) is 1.89. The average molecular weight is 223 g/mol. The minimum atomic E-state index is 0.180. The zero-order valence-corrected chi connectivity index (χ0v) is 9.14. The van der Waals surface area contributed by atoms with Crippen LogP contribution >= 0.6 is 0 Å². The van der Waals surface area contributed by atoms with Crippen LogP contribution in [-0.2, 0) is 11.3 Å². The van der Waals surface area contributed by atoms with Gasteiger partial charge in [-0.1, -0.05) is 0 Å². The lowest BCUT2D eigenvalue weighted by atomic mass is 9.94. The van der Waals surface area contributed by atoms with Crippen molar-refractivity contribution in [1.29, 1.82) is 0 Å². The van der Waals surface area contributed by atoms with E-state index in [9.17, 15) is 4.91 Å². The van der Waals surface area contributed by atoms with Gasteiger partial charge < -0.3 is 10.4 Å². The van der Waals surface area contributed by atoms with E-state index in [1.54, 1.807) is 12.1 Å². The zero-order chi connectivity index (χ0) is 11.5. The smallest absolute Gasteiger partial charge is 0.318 e. The fourth-order valence-electron chi connectivity index (χ4n) is 1.89.